The second-order valence-corrected chi connectivity index (χ2v) is 8.35. The Balaban J connectivity index is 1.29. The van der Waals surface area contributed by atoms with Gasteiger partial charge in [-0.1, -0.05) is 11.2 Å². The topological polar surface area (TPSA) is 71.7 Å². The molecule has 3 heterocycles. The molecule has 0 atom stereocenters. The van der Waals surface area contributed by atoms with Crippen LogP contribution in [-0.2, 0) is 6.54 Å². The van der Waals surface area contributed by atoms with Crippen LogP contribution < -0.4 is 4.74 Å². The van der Waals surface area contributed by atoms with E-state index in [1.807, 2.05) is 24.0 Å². The van der Waals surface area contributed by atoms with E-state index in [1.54, 1.807) is 6.07 Å². The van der Waals surface area contributed by atoms with Gasteiger partial charge in [0, 0.05) is 44.3 Å². The van der Waals surface area contributed by atoms with Gasteiger partial charge in [-0.15, -0.1) is 0 Å². The Morgan fingerprint density at radius 2 is 2.00 bits per heavy atom. The largest absolute Gasteiger partial charge is 0.494 e. The van der Waals surface area contributed by atoms with Crippen LogP contribution in [0.2, 0.25) is 0 Å². The Bertz CT molecular complexity index is 1130. The molecule has 2 fully saturated rings. The van der Waals surface area contributed by atoms with Gasteiger partial charge in [-0.05, 0) is 43.5 Å². The summed E-state index contributed by atoms with van der Waals surface area (Å²) in [4.78, 5) is 22.1. The molecule has 2 aliphatic rings. The van der Waals surface area contributed by atoms with E-state index >= 15 is 0 Å². The molecular formula is C23H25FN4O3. The fraction of sp³-hybridized carbons (Fsp3) is 0.435. The standard InChI is InChI=1S/C23H25FN4O3/c1-14-21-17(12-19(16-4-5-16)25-22(21)31-26-14)23(29)28-9-7-27(8-10-28)13-15-3-6-20(30-2)18(24)11-15/h3,6,11-12,16H,4-5,7-10,13H2,1-2H3. The minimum absolute atomic E-state index is 0.00394. The number of ether oxygens (including phenoxy) is 1. The third-order valence-corrected chi connectivity index (χ3v) is 6.14. The van der Waals surface area contributed by atoms with Crippen molar-refractivity contribution in [3.63, 3.8) is 0 Å². The molecule has 0 radical (unpaired) electrons. The molecule has 0 N–H and O–H groups in total. The van der Waals surface area contributed by atoms with Crippen LogP contribution in [0.5, 0.6) is 5.75 Å². The maximum atomic E-state index is 14.0. The highest BCUT2D eigenvalue weighted by molar-refractivity contribution is 6.06. The maximum absolute atomic E-state index is 14.0. The molecule has 0 spiro atoms. The molecule has 8 heteroatoms. The molecule has 1 saturated carbocycles. The van der Waals surface area contributed by atoms with Gasteiger partial charge in [0.15, 0.2) is 11.6 Å². The predicted molar refractivity (Wildman–Crippen MR) is 113 cm³/mol. The lowest BCUT2D eigenvalue weighted by atomic mass is 10.1. The summed E-state index contributed by atoms with van der Waals surface area (Å²) in [6.45, 7) is 5.16. The Morgan fingerprint density at radius 1 is 1.23 bits per heavy atom. The Kier molecular flexibility index (Phi) is 5.09. The quantitative estimate of drug-likeness (QED) is 0.624. The van der Waals surface area contributed by atoms with Crippen molar-refractivity contribution < 1.29 is 18.4 Å². The minimum atomic E-state index is -0.355. The molecule has 0 unspecified atom stereocenters. The van der Waals surface area contributed by atoms with Crippen LogP contribution in [-0.4, -0.2) is 59.1 Å². The molecule has 3 aromatic rings. The summed E-state index contributed by atoms with van der Waals surface area (Å²) in [5.41, 5.74) is 3.59. The number of methoxy groups -OCH3 is 1. The monoisotopic (exact) mass is 424 g/mol. The number of amides is 1. The van der Waals surface area contributed by atoms with Crippen molar-refractivity contribution in [1.82, 2.24) is 19.9 Å². The molecule has 1 aromatic carbocycles. The second-order valence-electron chi connectivity index (χ2n) is 8.35. The molecule has 7 nitrogen and oxygen atoms in total. The number of piperazine rings is 1. The average Bonchev–Trinajstić information content (AvgIpc) is 3.56. The van der Waals surface area contributed by atoms with Gasteiger partial charge in [0.2, 0.25) is 0 Å². The first kappa shape index (κ1) is 19.9. The van der Waals surface area contributed by atoms with Crippen LogP contribution in [0.4, 0.5) is 4.39 Å². The zero-order valence-electron chi connectivity index (χ0n) is 17.7. The number of rotatable bonds is 5. The van der Waals surface area contributed by atoms with Crippen LogP contribution in [0.15, 0.2) is 28.8 Å². The van der Waals surface area contributed by atoms with Crippen LogP contribution in [0.1, 0.15) is 46.1 Å². The molecule has 1 saturated heterocycles. The number of carbonyl (C=O) groups excluding carboxylic acids is 1. The van der Waals surface area contributed by atoms with E-state index in [-0.39, 0.29) is 17.5 Å². The minimum Gasteiger partial charge on any atom is -0.494 e. The summed E-state index contributed by atoms with van der Waals surface area (Å²) in [5.74, 6) is 0.308. The van der Waals surface area contributed by atoms with E-state index in [0.29, 0.717) is 47.9 Å². The Labute approximate surface area is 179 Å². The number of halogens is 1. The number of hydrogen-bond donors (Lipinski definition) is 0. The highest BCUT2D eigenvalue weighted by Gasteiger charge is 2.30. The number of aryl methyl sites for hydroxylation is 1. The van der Waals surface area contributed by atoms with Gasteiger partial charge in [0.05, 0.1) is 23.8 Å². The lowest BCUT2D eigenvalue weighted by molar-refractivity contribution is 0.0630. The fourth-order valence-corrected chi connectivity index (χ4v) is 4.22. The Hall–Kier alpha value is -3.00. The molecule has 31 heavy (non-hydrogen) atoms. The van der Waals surface area contributed by atoms with Crippen LogP contribution in [0.3, 0.4) is 0 Å². The normalized spacial score (nSPS) is 17.3. The zero-order chi connectivity index (χ0) is 21.5. The first-order valence-electron chi connectivity index (χ1n) is 10.6. The van der Waals surface area contributed by atoms with Gasteiger partial charge in [-0.2, -0.15) is 0 Å². The van der Waals surface area contributed by atoms with Crippen molar-refractivity contribution in [3.05, 3.63) is 52.6 Å². The van der Waals surface area contributed by atoms with E-state index < -0.39 is 0 Å². The lowest BCUT2D eigenvalue weighted by Crippen LogP contribution is -2.48. The van der Waals surface area contributed by atoms with Crippen LogP contribution in [0, 0.1) is 12.7 Å². The predicted octanol–water partition coefficient (Wildman–Crippen LogP) is 3.51. The van der Waals surface area contributed by atoms with Gasteiger partial charge in [-0.3, -0.25) is 9.69 Å². The summed E-state index contributed by atoms with van der Waals surface area (Å²) in [7, 11) is 1.46. The summed E-state index contributed by atoms with van der Waals surface area (Å²) < 4.78 is 24.3. The van der Waals surface area contributed by atoms with Gasteiger partial charge in [-0.25, -0.2) is 9.37 Å². The zero-order valence-corrected chi connectivity index (χ0v) is 17.7. The highest BCUT2D eigenvalue weighted by atomic mass is 19.1. The van der Waals surface area contributed by atoms with E-state index in [1.165, 1.54) is 13.2 Å². The lowest BCUT2D eigenvalue weighted by Gasteiger charge is -2.35. The van der Waals surface area contributed by atoms with Gasteiger partial charge in [0.25, 0.3) is 11.6 Å². The number of nitrogens with zero attached hydrogens (tertiary/aromatic N) is 4. The molecule has 1 amide bonds. The Morgan fingerprint density at radius 3 is 2.68 bits per heavy atom. The number of benzene rings is 1. The molecular weight excluding hydrogens is 399 g/mol. The second kappa shape index (κ2) is 7.92. The molecule has 0 bridgehead atoms. The number of fused-ring (bicyclic) bond motifs is 1. The van der Waals surface area contributed by atoms with Crippen molar-refractivity contribution in [3.8, 4) is 5.75 Å². The number of hydrogen-bond acceptors (Lipinski definition) is 6. The summed E-state index contributed by atoms with van der Waals surface area (Å²) in [6.07, 6.45) is 2.20. The summed E-state index contributed by atoms with van der Waals surface area (Å²) in [6, 6.07) is 6.97. The first-order valence-corrected chi connectivity index (χ1v) is 10.6. The van der Waals surface area contributed by atoms with Crippen LogP contribution in [0.25, 0.3) is 11.1 Å². The number of pyridine rings is 1. The van der Waals surface area contributed by atoms with Crippen molar-refractivity contribution in [2.75, 3.05) is 33.3 Å². The van der Waals surface area contributed by atoms with Crippen molar-refractivity contribution in [1.29, 1.82) is 0 Å². The summed E-state index contributed by atoms with van der Waals surface area (Å²) in [5, 5.41) is 4.74. The van der Waals surface area contributed by atoms with E-state index in [0.717, 1.165) is 37.2 Å². The van der Waals surface area contributed by atoms with E-state index in [9.17, 15) is 9.18 Å². The number of aromatic nitrogens is 2. The molecule has 5 rings (SSSR count). The molecule has 1 aliphatic carbocycles. The summed E-state index contributed by atoms with van der Waals surface area (Å²) >= 11 is 0. The SMILES string of the molecule is COc1ccc(CN2CCN(C(=O)c3cc(C4CC4)nc4onc(C)c34)CC2)cc1F. The van der Waals surface area contributed by atoms with Crippen LogP contribution >= 0.6 is 0 Å². The van der Waals surface area contributed by atoms with E-state index in [2.05, 4.69) is 15.0 Å². The smallest absolute Gasteiger partial charge is 0.259 e. The molecule has 1 aliphatic heterocycles. The van der Waals surface area contributed by atoms with E-state index in [4.69, 9.17) is 9.26 Å². The third-order valence-electron chi connectivity index (χ3n) is 6.14. The third kappa shape index (κ3) is 3.87. The van der Waals surface area contributed by atoms with Gasteiger partial charge >= 0.3 is 0 Å². The highest BCUT2D eigenvalue weighted by Crippen LogP contribution is 2.40. The fourth-order valence-electron chi connectivity index (χ4n) is 4.22. The molecule has 162 valence electrons. The average molecular weight is 424 g/mol. The number of carbonyl (C=O) groups is 1. The van der Waals surface area contributed by atoms with Crippen molar-refractivity contribution in [2.45, 2.75) is 32.2 Å². The maximum Gasteiger partial charge on any atom is 0.259 e. The van der Waals surface area contributed by atoms with Crippen molar-refractivity contribution >= 4 is 17.0 Å². The molecule has 2 aromatic heterocycles. The first-order chi connectivity index (χ1) is 15.0. The van der Waals surface area contributed by atoms with Crippen molar-refractivity contribution in [2.24, 2.45) is 0 Å². The van der Waals surface area contributed by atoms with Gasteiger partial charge in [0.1, 0.15) is 0 Å². The van der Waals surface area contributed by atoms with Gasteiger partial charge < -0.3 is 14.2 Å².